The smallest absolute Gasteiger partial charge is 0.192 e. The summed E-state index contributed by atoms with van der Waals surface area (Å²) in [7, 11) is 1.43. The fourth-order valence-corrected chi connectivity index (χ4v) is 0.888. The van der Waals surface area contributed by atoms with Gasteiger partial charge >= 0.3 is 0 Å². The highest BCUT2D eigenvalue weighted by Crippen LogP contribution is 2.05. The van der Waals surface area contributed by atoms with Crippen molar-refractivity contribution in [2.75, 3.05) is 7.11 Å². The summed E-state index contributed by atoms with van der Waals surface area (Å²) in [5.41, 5.74) is 0.231. The minimum Gasteiger partial charge on any atom is -0.374 e. The molecule has 0 bridgehead atoms. The lowest BCUT2D eigenvalue weighted by molar-refractivity contribution is 0.0655. The summed E-state index contributed by atoms with van der Waals surface area (Å²) >= 11 is 0. The number of halogens is 1. The van der Waals surface area contributed by atoms with Gasteiger partial charge in [-0.25, -0.2) is 4.39 Å². The van der Waals surface area contributed by atoms with E-state index in [0.29, 0.717) is 0 Å². The van der Waals surface area contributed by atoms with Gasteiger partial charge in [-0.05, 0) is 13.0 Å². The molecule has 0 radical (unpaired) electrons. The van der Waals surface area contributed by atoms with Crippen molar-refractivity contribution in [2.45, 2.75) is 13.0 Å². The van der Waals surface area contributed by atoms with Crippen molar-refractivity contribution in [1.29, 1.82) is 0 Å². The first-order chi connectivity index (χ1) is 6.15. The highest BCUT2D eigenvalue weighted by Gasteiger charge is 2.14. The lowest BCUT2D eigenvalue weighted by Gasteiger charge is -2.07. The number of Topliss-reactive ketones (excluding diaryl/α,β-unsaturated/α-hetero) is 1. The van der Waals surface area contributed by atoms with E-state index in [-0.39, 0.29) is 11.3 Å². The Morgan fingerprint density at radius 3 is 2.85 bits per heavy atom. The molecule has 0 aliphatic heterocycles. The molecule has 0 aliphatic rings. The monoisotopic (exact) mass is 183 g/mol. The molecule has 0 aromatic carbocycles. The Hall–Kier alpha value is -1.29. The van der Waals surface area contributed by atoms with E-state index in [0.717, 1.165) is 12.3 Å². The van der Waals surface area contributed by atoms with E-state index in [1.807, 2.05) is 0 Å². The van der Waals surface area contributed by atoms with Crippen LogP contribution >= 0.6 is 0 Å². The normalized spacial score (nSPS) is 12.5. The second-order valence-corrected chi connectivity index (χ2v) is 2.63. The van der Waals surface area contributed by atoms with Crippen LogP contribution in [0.3, 0.4) is 0 Å². The van der Waals surface area contributed by atoms with Crippen LogP contribution in [0.1, 0.15) is 17.3 Å². The molecule has 3 nitrogen and oxygen atoms in total. The average molecular weight is 183 g/mol. The zero-order valence-electron chi connectivity index (χ0n) is 7.45. The maximum Gasteiger partial charge on any atom is 0.192 e. The van der Waals surface area contributed by atoms with Crippen molar-refractivity contribution in [3.05, 3.63) is 29.8 Å². The molecule has 0 amide bonds. The van der Waals surface area contributed by atoms with Gasteiger partial charge in [-0.3, -0.25) is 9.78 Å². The van der Waals surface area contributed by atoms with Gasteiger partial charge < -0.3 is 4.74 Å². The summed E-state index contributed by atoms with van der Waals surface area (Å²) in [6.45, 7) is 1.60. The van der Waals surface area contributed by atoms with Crippen LogP contribution in [0.5, 0.6) is 0 Å². The van der Waals surface area contributed by atoms with Gasteiger partial charge in [0.05, 0.1) is 6.20 Å². The van der Waals surface area contributed by atoms with Gasteiger partial charge in [-0.15, -0.1) is 0 Å². The van der Waals surface area contributed by atoms with Crippen LogP contribution in [0.15, 0.2) is 18.5 Å². The molecular weight excluding hydrogens is 173 g/mol. The fraction of sp³-hybridized carbons (Fsp3) is 0.333. The third kappa shape index (κ3) is 2.32. The van der Waals surface area contributed by atoms with Crippen molar-refractivity contribution in [1.82, 2.24) is 4.98 Å². The largest absolute Gasteiger partial charge is 0.374 e. The number of hydrogen-bond donors (Lipinski definition) is 0. The molecule has 1 atom stereocenters. The van der Waals surface area contributed by atoms with Crippen LogP contribution in [-0.2, 0) is 4.74 Å². The number of ketones is 1. The van der Waals surface area contributed by atoms with E-state index < -0.39 is 11.9 Å². The molecule has 1 heterocycles. The lowest BCUT2D eigenvalue weighted by atomic mass is 10.1. The van der Waals surface area contributed by atoms with Crippen molar-refractivity contribution < 1.29 is 13.9 Å². The van der Waals surface area contributed by atoms with E-state index >= 15 is 0 Å². The molecule has 1 aromatic rings. The molecule has 70 valence electrons. The van der Waals surface area contributed by atoms with Gasteiger partial charge in [0.15, 0.2) is 5.78 Å². The van der Waals surface area contributed by atoms with Gasteiger partial charge in [0.25, 0.3) is 0 Å². The summed E-state index contributed by atoms with van der Waals surface area (Å²) in [6.07, 6.45) is 1.80. The number of aromatic nitrogens is 1. The lowest BCUT2D eigenvalue weighted by Crippen LogP contribution is -2.19. The van der Waals surface area contributed by atoms with Crippen molar-refractivity contribution in [3.63, 3.8) is 0 Å². The average Bonchev–Trinajstić information content (AvgIpc) is 2.15. The minimum absolute atomic E-state index is 0.231. The fourth-order valence-electron chi connectivity index (χ4n) is 0.888. The van der Waals surface area contributed by atoms with Gasteiger partial charge in [0.2, 0.25) is 0 Å². The first-order valence-corrected chi connectivity index (χ1v) is 3.82. The first-order valence-electron chi connectivity index (χ1n) is 3.82. The Bertz CT molecular complexity index is 314. The third-order valence-corrected chi connectivity index (χ3v) is 1.71. The molecule has 0 aliphatic carbocycles. The summed E-state index contributed by atoms with van der Waals surface area (Å²) in [5, 5.41) is 0. The van der Waals surface area contributed by atoms with Crippen LogP contribution in [0.4, 0.5) is 4.39 Å². The zero-order valence-corrected chi connectivity index (χ0v) is 7.45. The van der Waals surface area contributed by atoms with Crippen LogP contribution in [0.25, 0.3) is 0 Å². The highest BCUT2D eigenvalue weighted by molar-refractivity contribution is 5.98. The quantitative estimate of drug-likeness (QED) is 0.665. The van der Waals surface area contributed by atoms with Crippen LogP contribution < -0.4 is 0 Å². The SMILES string of the molecule is COC(C)C(=O)c1cncc(F)c1. The topological polar surface area (TPSA) is 39.2 Å². The second-order valence-electron chi connectivity index (χ2n) is 2.63. The van der Waals surface area contributed by atoms with Gasteiger partial charge in [0.1, 0.15) is 11.9 Å². The maximum atomic E-state index is 12.6. The molecular formula is C9H10FNO2. The number of carbonyl (C=O) groups excluding carboxylic acids is 1. The summed E-state index contributed by atoms with van der Waals surface area (Å²) in [5.74, 6) is -0.788. The summed E-state index contributed by atoms with van der Waals surface area (Å²) < 4.78 is 17.4. The van der Waals surface area contributed by atoms with E-state index in [2.05, 4.69) is 4.98 Å². The Morgan fingerprint density at radius 1 is 1.62 bits per heavy atom. The van der Waals surface area contributed by atoms with Crippen LogP contribution in [-0.4, -0.2) is 24.0 Å². The predicted octanol–water partition coefficient (Wildman–Crippen LogP) is 1.44. The predicted molar refractivity (Wildman–Crippen MR) is 45.0 cm³/mol. The molecule has 1 unspecified atom stereocenters. The minimum atomic E-state index is -0.566. The van der Waals surface area contributed by atoms with Crippen LogP contribution in [0, 0.1) is 5.82 Å². The molecule has 4 heteroatoms. The number of rotatable bonds is 3. The Kier molecular flexibility index (Phi) is 3.08. The number of hydrogen-bond acceptors (Lipinski definition) is 3. The Morgan fingerprint density at radius 2 is 2.31 bits per heavy atom. The molecule has 13 heavy (non-hydrogen) atoms. The third-order valence-electron chi connectivity index (χ3n) is 1.71. The molecule has 1 aromatic heterocycles. The number of nitrogens with zero attached hydrogens (tertiary/aromatic N) is 1. The molecule has 0 fully saturated rings. The van der Waals surface area contributed by atoms with Crippen LogP contribution in [0.2, 0.25) is 0 Å². The van der Waals surface area contributed by atoms with Crippen molar-refractivity contribution >= 4 is 5.78 Å². The van der Waals surface area contributed by atoms with E-state index in [1.54, 1.807) is 6.92 Å². The standard InChI is InChI=1S/C9H10FNO2/c1-6(13-2)9(12)7-3-8(10)5-11-4-7/h3-6H,1-2H3. The highest BCUT2D eigenvalue weighted by atomic mass is 19.1. The zero-order chi connectivity index (χ0) is 9.84. The second kappa shape index (κ2) is 4.09. The first kappa shape index (κ1) is 9.80. The Labute approximate surface area is 75.6 Å². The van der Waals surface area contributed by atoms with Gasteiger partial charge in [-0.2, -0.15) is 0 Å². The van der Waals surface area contributed by atoms with Crippen molar-refractivity contribution in [3.8, 4) is 0 Å². The molecule has 0 saturated heterocycles. The summed E-state index contributed by atoms with van der Waals surface area (Å²) in [6, 6.07) is 1.14. The maximum absolute atomic E-state index is 12.6. The van der Waals surface area contributed by atoms with Gasteiger partial charge in [-0.1, -0.05) is 0 Å². The van der Waals surface area contributed by atoms with E-state index in [4.69, 9.17) is 4.74 Å². The Balaban J connectivity index is 2.89. The molecule has 1 rings (SSSR count). The number of pyridine rings is 1. The summed E-state index contributed by atoms with van der Waals surface area (Å²) in [4.78, 5) is 15.0. The van der Waals surface area contributed by atoms with E-state index in [9.17, 15) is 9.18 Å². The van der Waals surface area contributed by atoms with Gasteiger partial charge in [0, 0.05) is 18.9 Å². The molecule has 0 N–H and O–H groups in total. The number of ether oxygens (including phenoxy) is 1. The molecule has 0 spiro atoms. The van der Waals surface area contributed by atoms with E-state index in [1.165, 1.54) is 13.3 Å². The number of methoxy groups -OCH3 is 1. The number of carbonyl (C=O) groups is 1. The molecule has 0 saturated carbocycles. The van der Waals surface area contributed by atoms with Crippen molar-refractivity contribution in [2.24, 2.45) is 0 Å².